The highest BCUT2D eigenvalue weighted by atomic mass is 35.5. The number of rotatable bonds is 4. The lowest BCUT2D eigenvalue weighted by Gasteiger charge is -2.31. The summed E-state index contributed by atoms with van der Waals surface area (Å²) in [7, 11) is 0. The van der Waals surface area contributed by atoms with Gasteiger partial charge < -0.3 is 5.32 Å². The van der Waals surface area contributed by atoms with Crippen molar-refractivity contribution in [2.24, 2.45) is 5.92 Å². The Morgan fingerprint density at radius 1 is 1.17 bits per heavy atom. The fraction of sp³-hybridized carbons (Fsp3) is 0.571. The van der Waals surface area contributed by atoms with Gasteiger partial charge in [0.1, 0.15) is 0 Å². The first-order chi connectivity index (χ1) is 8.70. The summed E-state index contributed by atoms with van der Waals surface area (Å²) in [6.45, 7) is 0.565. The molecule has 1 aliphatic rings. The summed E-state index contributed by atoms with van der Waals surface area (Å²) in [5.74, 6) is -0.428. The third-order valence-electron chi connectivity index (χ3n) is 3.66. The molecule has 1 aromatic carbocycles. The summed E-state index contributed by atoms with van der Waals surface area (Å²) >= 11 is 5.95. The van der Waals surface area contributed by atoms with Crippen molar-refractivity contribution in [3.05, 3.63) is 35.4 Å². The predicted molar refractivity (Wildman–Crippen MR) is 69.7 cm³/mol. The Balaban J connectivity index is 1.91. The predicted octanol–water partition coefficient (Wildman–Crippen LogP) is 3.85. The second-order valence-corrected chi connectivity index (χ2v) is 5.24. The van der Waals surface area contributed by atoms with Crippen molar-refractivity contribution in [1.82, 2.24) is 5.32 Å². The largest absolute Gasteiger partial charge is 0.310 e. The van der Waals surface area contributed by atoms with Crippen LogP contribution < -0.4 is 5.32 Å². The minimum absolute atomic E-state index is 0.393. The lowest BCUT2D eigenvalue weighted by atomic mass is 9.85. The van der Waals surface area contributed by atoms with Crippen molar-refractivity contribution in [1.29, 1.82) is 0 Å². The van der Waals surface area contributed by atoms with Crippen molar-refractivity contribution in [3.63, 3.8) is 0 Å². The molecule has 100 valence electrons. The van der Waals surface area contributed by atoms with Crippen molar-refractivity contribution in [3.8, 4) is 0 Å². The number of halogens is 3. The normalized spacial score (nSPS) is 24.2. The minimum atomic E-state index is -0.796. The monoisotopic (exact) mass is 273 g/mol. The fourth-order valence-electron chi connectivity index (χ4n) is 2.56. The van der Waals surface area contributed by atoms with E-state index in [1.807, 2.05) is 0 Å². The van der Waals surface area contributed by atoms with E-state index in [2.05, 4.69) is 5.32 Å². The molecule has 1 nitrogen and oxygen atoms in total. The maximum Gasteiger partial charge on any atom is 0.159 e. The summed E-state index contributed by atoms with van der Waals surface area (Å²) in [6, 6.07) is 4.43. The summed E-state index contributed by atoms with van der Waals surface area (Å²) < 4.78 is 25.9. The van der Waals surface area contributed by atoms with Crippen LogP contribution in [-0.4, -0.2) is 11.9 Å². The first-order valence-corrected chi connectivity index (χ1v) is 6.97. The van der Waals surface area contributed by atoms with E-state index in [4.69, 9.17) is 11.6 Å². The molecule has 2 unspecified atom stereocenters. The quantitative estimate of drug-likeness (QED) is 0.822. The first-order valence-electron chi connectivity index (χ1n) is 6.44. The molecule has 0 heterocycles. The molecular formula is C14H18ClF2N. The molecule has 0 bridgehead atoms. The molecule has 0 aromatic heterocycles. The zero-order valence-corrected chi connectivity index (χ0v) is 11.0. The fourth-order valence-corrected chi connectivity index (χ4v) is 2.93. The second-order valence-electron chi connectivity index (χ2n) is 4.93. The van der Waals surface area contributed by atoms with Gasteiger partial charge in [-0.25, -0.2) is 8.78 Å². The van der Waals surface area contributed by atoms with Gasteiger partial charge in [0.15, 0.2) is 11.6 Å². The lowest BCUT2D eigenvalue weighted by Crippen LogP contribution is -2.39. The van der Waals surface area contributed by atoms with Crippen molar-refractivity contribution in [2.45, 2.75) is 38.3 Å². The van der Waals surface area contributed by atoms with Crippen molar-refractivity contribution in [2.75, 3.05) is 5.88 Å². The van der Waals surface area contributed by atoms with Crippen LogP contribution >= 0.6 is 11.6 Å². The molecule has 0 amide bonds. The molecule has 2 atom stereocenters. The molecule has 1 fully saturated rings. The van der Waals surface area contributed by atoms with Crippen LogP contribution in [0.3, 0.4) is 0 Å². The first kappa shape index (κ1) is 13.8. The van der Waals surface area contributed by atoms with Crippen LogP contribution in [0, 0.1) is 17.6 Å². The zero-order valence-electron chi connectivity index (χ0n) is 10.3. The van der Waals surface area contributed by atoms with Gasteiger partial charge in [-0.15, -0.1) is 11.6 Å². The summed E-state index contributed by atoms with van der Waals surface area (Å²) in [6.07, 6.45) is 4.71. The third-order valence-corrected chi connectivity index (χ3v) is 4.06. The summed E-state index contributed by atoms with van der Waals surface area (Å²) in [4.78, 5) is 0. The second kappa shape index (κ2) is 6.48. The number of alkyl halides is 1. The van der Waals surface area contributed by atoms with Crippen LogP contribution in [0.2, 0.25) is 0 Å². The smallest absolute Gasteiger partial charge is 0.159 e. The minimum Gasteiger partial charge on any atom is -0.310 e. The van der Waals surface area contributed by atoms with Gasteiger partial charge in [-0.2, -0.15) is 0 Å². The number of benzene rings is 1. The molecule has 4 heteroatoms. The Morgan fingerprint density at radius 2 is 1.94 bits per heavy atom. The van der Waals surface area contributed by atoms with E-state index in [1.165, 1.54) is 25.0 Å². The highest BCUT2D eigenvalue weighted by Gasteiger charge is 2.23. The van der Waals surface area contributed by atoms with E-state index < -0.39 is 11.6 Å². The van der Waals surface area contributed by atoms with Gasteiger partial charge in [-0.3, -0.25) is 0 Å². The van der Waals surface area contributed by atoms with Gasteiger partial charge in [-0.05, 0) is 36.5 Å². The Labute approximate surface area is 112 Å². The van der Waals surface area contributed by atoms with Crippen LogP contribution in [-0.2, 0) is 6.54 Å². The molecule has 1 aliphatic carbocycles. The van der Waals surface area contributed by atoms with Gasteiger partial charge in [-0.1, -0.05) is 18.9 Å². The molecule has 1 aromatic rings. The van der Waals surface area contributed by atoms with Crippen LogP contribution in [0.1, 0.15) is 31.2 Å². The molecule has 1 N–H and O–H groups in total. The number of hydrogen-bond acceptors (Lipinski definition) is 1. The van der Waals surface area contributed by atoms with E-state index >= 15 is 0 Å². The molecule has 0 aliphatic heterocycles. The standard InChI is InChI=1S/C14H18ClF2N/c15-8-11-3-1-2-4-14(11)18-9-10-5-6-12(16)13(17)7-10/h5-7,11,14,18H,1-4,8-9H2. The molecule has 0 radical (unpaired) electrons. The van der Waals surface area contributed by atoms with Gasteiger partial charge >= 0.3 is 0 Å². The molecule has 0 spiro atoms. The van der Waals surface area contributed by atoms with Crippen molar-refractivity contribution < 1.29 is 8.78 Å². The van der Waals surface area contributed by atoms with E-state index in [1.54, 1.807) is 6.07 Å². The highest BCUT2D eigenvalue weighted by Crippen LogP contribution is 2.25. The topological polar surface area (TPSA) is 12.0 Å². The van der Waals surface area contributed by atoms with E-state index in [0.29, 0.717) is 24.4 Å². The Bertz CT molecular complexity index is 397. The van der Waals surface area contributed by atoms with Crippen LogP contribution in [0.25, 0.3) is 0 Å². The van der Waals surface area contributed by atoms with E-state index in [9.17, 15) is 8.78 Å². The SMILES string of the molecule is Fc1ccc(CNC2CCCCC2CCl)cc1F. The summed E-state index contributed by atoms with van der Waals surface area (Å²) in [5.41, 5.74) is 0.771. The maximum atomic E-state index is 13.1. The van der Waals surface area contributed by atoms with Gasteiger partial charge in [0.25, 0.3) is 0 Å². The molecule has 18 heavy (non-hydrogen) atoms. The summed E-state index contributed by atoms with van der Waals surface area (Å²) in [5, 5.41) is 3.41. The Morgan fingerprint density at radius 3 is 2.67 bits per heavy atom. The highest BCUT2D eigenvalue weighted by molar-refractivity contribution is 6.18. The molecule has 0 saturated heterocycles. The zero-order chi connectivity index (χ0) is 13.0. The van der Waals surface area contributed by atoms with Gasteiger partial charge in [0.2, 0.25) is 0 Å². The van der Waals surface area contributed by atoms with E-state index in [0.717, 1.165) is 18.4 Å². The van der Waals surface area contributed by atoms with Crippen LogP contribution in [0.5, 0.6) is 0 Å². The third kappa shape index (κ3) is 3.42. The average molecular weight is 274 g/mol. The Hall–Kier alpha value is -0.670. The van der Waals surface area contributed by atoms with Crippen molar-refractivity contribution >= 4 is 11.6 Å². The maximum absolute atomic E-state index is 13.1. The molecule has 1 saturated carbocycles. The van der Waals surface area contributed by atoms with Crippen LogP contribution in [0.15, 0.2) is 18.2 Å². The average Bonchev–Trinajstić information content (AvgIpc) is 2.40. The van der Waals surface area contributed by atoms with Gasteiger partial charge in [0, 0.05) is 18.5 Å². The van der Waals surface area contributed by atoms with Crippen LogP contribution in [0.4, 0.5) is 8.78 Å². The van der Waals surface area contributed by atoms with Gasteiger partial charge in [0.05, 0.1) is 0 Å². The Kier molecular flexibility index (Phi) is 4.95. The van der Waals surface area contributed by atoms with E-state index in [-0.39, 0.29) is 0 Å². The number of hydrogen-bond donors (Lipinski definition) is 1. The molecular weight excluding hydrogens is 256 g/mol. The lowest BCUT2D eigenvalue weighted by molar-refractivity contribution is 0.282. The molecule has 2 rings (SSSR count). The number of nitrogens with one attached hydrogen (secondary N) is 1.